The van der Waals surface area contributed by atoms with Gasteiger partial charge in [-0.25, -0.2) is 4.79 Å². The zero-order chi connectivity index (χ0) is 16.1. The van der Waals surface area contributed by atoms with E-state index in [2.05, 4.69) is 0 Å². The number of carbonyl (C=O) groups is 1. The van der Waals surface area contributed by atoms with Crippen molar-refractivity contribution in [3.8, 4) is 0 Å². The molecule has 0 amide bonds. The largest absolute Gasteiger partial charge is 0.478 e. The van der Waals surface area contributed by atoms with Crippen LogP contribution in [-0.2, 0) is 12.8 Å². The van der Waals surface area contributed by atoms with Gasteiger partial charge >= 0.3 is 5.97 Å². The lowest BCUT2D eigenvalue weighted by atomic mass is 9.99. The topological polar surface area (TPSA) is 57.5 Å². The SMILES string of the molecule is C[C@H](O)c1ccc(CCCc2ccccc2C(=O)O)cc1Cl. The van der Waals surface area contributed by atoms with Crippen molar-refractivity contribution in [3.05, 3.63) is 69.7 Å². The minimum Gasteiger partial charge on any atom is -0.478 e. The third-order valence-electron chi connectivity index (χ3n) is 3.67. The average molecular weight is 319 g/mol. The fourth-order valence-corrected chi connectivity index (χ4v) is 2.86. The summed E-state index contributed by atoms with van der Waals surface area (Å²) in [6.45, 7) is 1.68. The fraction of sp³-hybridized carbons (Fsp3) is 0.278. The summed E-state index contributed by atoms with van der Waals surface area (Å²) in [5, 5.41) is 19.3. The third-order valence-corrected chi connectivity index (χ3v) is 4.00. The van der Waals surface area contributed by atoms with E-state index in [0.29, 0.717) is 17.0 Å². The molecule has 0 spiro atoms. The van der Waals surface area contributed by atoms with Gasteiger partial charge in [-0.2, -0.15) is 0 Å². The molecule has 2 N–H and O–H groups in total. The Morgan fingerprint density at radius 1 is 1.18 bits per heavy atom. The highest BCUT2D eigenvalue weighted by Crippen LogP contribution is 2.24. The van der Waals surface area contributed by atoms with Gasteiger partial charge in [-0.1, -0.05) is 41.9 Å². The highest BCUT2D eigenvalue weighted by atomic mass is 35.5. The molecule has 0 saturated carbocycles. The standard InChI is InChI=1S/C18H19ClO3/c1-12(20)15-10-9-13(11-17(15)19)5-4-7-14-6-2-3-8-16(14)18(21)22/h2-3,6,8-12,20H,4-5,7H2,1H3,(H,21,22)/t12-/m0/s1. The van der Waals surface area contributed by atoms with E-state index in [4.69, 9.17) is 16.7 Å². The number of aryl methyl sites for hydroxylation is 2. The summed E-state index contributed by atoms with van der Waals surface area (Å²) in [5.41, 5.74) is 3.02. The number of aliphatic hydroxyl groups excluding tert-OH is 1. The molecular weight excluding hydrogens is 300 g/mol. The van der Waals surface area contributed by atoms with Gasteiger partial charge in [-0.3, -0.25) is 0 Å². The summed E-state index contributed by atoms with van der Waals surface area (Å²) in [5.74, 6) is -0.889. The van der Waals surface area contributed by atoms with Crippen LogP contribution >= 0.6 is 11.6 Å². The Morgan fingerprint density at radius 3 is 2.55 bits per heavy atom. The summed E-state index contributed by atoms with van der Waals surface area (Å²) in [6.07, 6.45) is 1.78. The lowest BCUT2D eigenvalue weighted by Crippen LogP contribution is -2.02. The molecule has 0 fully saturated rings. The van der Waals surface area contributed by atoms with Gasteiger partial charge in [-0.15, -0.1) is 0 Å². The maximum atomic E-state index is 11.2. The predicted octanol–water partition coefficient (Wildman–Crippen LogP) is 4.27. The van der Waals surface area contributed by atoms with Crippen molar-refractivity contribution in [1.29, 1.82) is 0 Å². The van der Waals surface area contributed by atoms with Crippen LogP contribution in [0.3, 0.4) is 0 Å². The van der Waals surface area contributed by atoms with Crippen molar-refractivity contribution < 1.29 is 15.0 Å². The maximum absolute atomic E-state index is 11.2. The molecule has 3 nitrogen and oxygen atoms in total. The first-order chi connectivity index (χ1) is 10.5. The number of aliphatic hydroxyl groups is 1. The second-order valence-corrected chi connectivity index (χ2v) is 5.75. The lowest BCUT2D eigenvalue weighted by molar-refractivity contribution is 0.0695. The van der Waals surface area contributed by atoms with E-state index in [0.717, 1.165) is 29.5 Å². The van der Waals surface area contributed by atoms with Gasteiger partial charge in [-0.05, 0) is 55.0 Å². The highest BCUT2D eigenvalue weighted by molar-refractivity contribution is 6.31. The number of benzene rings is 2. The number of hydrogen-bond acceptors (Lipinski definition) is 2. The second-order valence-electron chi connectivity index (χ2n) is 5.35. The molecular formula is C18H19ClO3. The minimum absolute atomic E-state index is 0.366. The van der Waals surface area contributed by atoms with Crippen LogP contribution in [0, 0.1) is 0 Å². The van der Waals surface area contributed by atoms with Gasteiger partial charge < -0.3 is 10.2 Å². The molecule has 0 aliphatic rings. The molecule has 0 unspecified atom stereocenters. The molecule has 2 aromatic carbocycles. The Labute approximate surface area is 135 Å². The molecule has 0 aromatic heterocycles. The Kier molecular flexibility index (Phi) is 5.58. The summed E-state index contributed by atoms with van der Waals surface area (Å²) >= 11 is 6.15. The van der Waals surface area contributed by atoms with Crippen LogP contribution in [0.2, 0.25) is 5.02 Å². The Hall–Kier alpha value is -1.84. The Morgan fingerprint density at radius 2 is 1.91 bits per heavy atom. The summed E-state index contributed by atoms with van der Waals surface area (Å²) in [4.78, 5) is 11.2. The van der Waals surface area contributed by atoms with Gasteiger partial charge in [0.2, 0.25) is 0 Å². The molecule has 4 heteroatoms. The average Bonchev–Trinajstić information content (AvgIpc) is 2.47. The number of rotatable bonds is 6. The van der Waals surface area contributed by atoms with Crippen molar-refractivity contribution in [1.82, 2.24) is 0 Å². The van der Waals surface area contributed by atoms with Gasteiger partial charge in [0.1, 0.15) is 0 Å². The quantitative estimate of drug-likeness (QED) is 0.836. The smallest absolute Gasteiger partial charge is 0.335 e. The number of halogens is 1. The van der Waals surface area contributed by atoms with E-state index in [-0.39, 0.29) is 0 Å². The normalized spacial score (nSPS) is 12.1. The van der Waals surface area contributed by atoms with Crippen LogP contribution < -0.4 is 0 Å². The Balaban J connectivity index is 2.00. The lowest BCUT2D eigenvalue weighted by Gasteiger charge is -2.10. The van der Waals surface area contributed by atoms with Crippen LogP contribution in [0.25, 0.3) is 0 Å². The minimum atomic E-state index is -0.889. The monoisotopic (exact) mass is 318 g/mol. The van der Waals surface area contributed by atoms with E-state index >= 15 is 0 Å². The molecule has 1 atom stereocenters. The fourth-order valence-electron chi connectivity index (χ4n) is 2.49. The van der Waals surface area contributed by atoms with E-state index in [1.165, 1.54) is 0 Å². The zero-order valence-corrected chi connectivity index (χ0v) is 13.2. The second kappa shape index (κ2) is 7.43. The first-order valence-electron chi connectivity index (χ1n) is 7.26. The van der Waals surface area contributed by atoms with Crippen molar-refractivity contribution >= 4 is 17.6 Å². The van der Waals surface area contributed by atoms with Gasteiger partial charge in [0.05, 0.1) is 11.7 Å². The number of aromatic carboxylic acids is 1. The number of hydrogen-bond donors (Lipinski definition) is 2. The van der Waals surface area contributed by atoms with Crippen molar-refractivity contribution in [2.45, 2.75) is 32.3 Å². The molecule has 0 aliphatic heterocycles. The first-order valence-corrected chi connectivity index (χ1v) is 7.64. The van der Waals surface area contributed by atoms with Crippen LogP contribution in [0.15, 0.2) is 42.5 Å². The van der Waals surface area contributed by atoms with Gasteiger partial charge in [0.25, 0.3) is 0 Å². The summed E-state index contributed by atoms with van der Waals surface area (Å²) in [7, 11) is 0. The zero-order valence-electron chi connectivity index (χ0n) is 12.4. The molecule has 0 bridgehead atoms. The molecule has 2 rings (SSSR count). The van der Waals surface area contributed by atoms with Crippen LogP contribution in [0.5, 0.6) is 0 Å². The van der Waals surface area contributed by atoms with E-state index < -0.39 is 12.1 Å². The van der Waals surface area contributed by atoms with Crippen molar-refractivity contribution in [2.24, 2.45) is 0 Å². The maximum Gasteiger partial charge on any atom is 0.335 e. The van der Waals surface area contributed by atoms with Gasteiger partial charge in [0, 0.05) is 5.02 Å². The van der Waals surface area contributed by atoms with Crippen LogP contribution in [-0.4, -0.2) is 16.2 Å². The van der Waals surface area contributed by atoms with E-state index in [1.807, 2.05) is 30.3 Å². The number of carboxylic acids is 1. The molecule has 0 aliphatic carbocycles. The third kappa shape index (κ3) is 4.09. The molecule has 0 heterocycles. The molecule has 22 heavy (non-hydrogen) atoms. The van der Waals surface area contributed by atoms with Crippen molar-refractivity contribution in [3.63, 3.8) is 0 Å². The van der Waals surface area contributed by atoms with Crippen LogP contribution in [0.1, 0.15) is 46.5 Å². The number of carboxylic acid groups (broad SMARTS) is 1. The summed E-state index contributed by atoms with van der Waals surface area (Å²) in [6, 6.07) is 12.7. The van der Waals surface area contributed by atoms with E-state index in [1.54, 1.807) is 19.1 Å². The molecule has 2 aromatic rings. The predicted molar refractivity (Wildman–Crippen MR) is 87.5 cm³/mol. The van der Waals surface area contributed by atoms with Crippen LogP contribution in [0.4, 0.5) is 0 Å². The van der Waals surface area contributed by atoms with E-state index in [9.17, 15) is 9.90 Å². The molecule has 0 radical (unpaired) electrons. The summed E-state index contributed by atoms with van der Waals surface area (Å²) < 4.78 is 0. The molecule has 0 saturated heterocycles. The molecule has 116 valence electrons. The first kappa shape index (κ1) is 16.5. The van der Waals surface area contributed by atoms with Crippen molar-refractivity contribution in [2.75, 3.05) is 0 Å². The Bertz CT molecular complexity index is 665. The highest BCUT2D eigenvalue weighted by Gasteiger charge is 2.10. The van der Waals surface area contributed by atoms with Gasteiger partial charge in [0.15, 0.2) is 0 Å².